The molecule has 0 aliphatic rings. The summed E-state index contributed by atoms with van der Waals surface area (Å²) in [6.07, 6.45) is 4.93. The predicted octanol–water partition coefficient (Wildman–Crippen LogP) is 6.27. The molecule has 0 fully saturated rings. The topological polar surface area (TPSA) is 0 Å². The van der Waals surface area contributed by atoms with Gasteiger partial charge >= 0.3 is 0 Å². The van der Waals surface area contributed by atoms with Gasteiger partial charge in [0.05, 0.1) is 0 Å². The fourth-order valence-corrected chi connectivity index (χ4v) is 2.72. The van der Waals surface area contributed by atoms with E-state index in [0.717, 1.165) is 6.42 Å². The van der Waals surface area contributed by atoms with Crippen molar-refractivity contribution in [2.45, 2.75) is 32.1 Å². The summed E-state index contributed by atoms with van der Waals surface area (Å²) in [6, 6.07) is 17.4. The van der Waals surface area contributed by atoms with Crippen molar-refractivity contribution in [3.8, 4) is 0 Å². The van der Waals surface area contributed by atoms with Crippen molar-refractivity contribution in [1.29, 1.82) is 0 Å². The normalized spacial score (nSPS) is 13.4. The summed E-state index contributed by atoms with van der Waals surface area (Å²) in [5.74, 6) is 1.11. The van der Waals surface area contributed by atoms with E-state index in [1.54, 1.807) is 0 Å². The summed E-state index contributed by atoms with van der Waals surface area (Å²) in [4.78, 5) is 0. The van der Waals surface area contributed by atoms with E-state index >= 15 is 0 Å². The van der Waals surface area contributed by atoms with Gasteiger partial charge in [-0.2, -0.15) is 0 Å². The Labute approximate surface area is 128 Å². The molecule has 0 spiro atoms. The summed E-state index contributed by atoms with van der Waals surface area (Å²) in [7, 11) is 0. The first-order chi connectivity index (χ1) is 10.1. The average molecular weight is 276 g/mol. The van der Waals surface area contributed by atoms with E-state index in [1.165, 1.54) is 22.3 Å². The summed E-state index contributed by atoms with van der Waals surface area (Å²) >= 11 is 0. The summed E-state index contributed by atoms with van der Waals surface area (Å²) in [5.41, 5.74) is 5.16. The molecule has 0 heteroatoms. The molecule has 0 heterocycles. The number of hydrogen-bond acceptors (Lipinski definition) is 0. The quantitative estimate of drug-likeness (QED) is 0.583. The summed E-state index contributed by atoms with van der Waals surface area (Å²) in [5, 5.41) is 0. The van der Waals surface area contributed by atoms with Crippen molar-refractivity contribution < 1.29 is 0 Å². The van der Waals surface area contributed by atoms with Crippen LogP contribution in [-0.4, -0.2) is 0 Å². The molecule has 0 aliphatic carbocycles. The van der Waals surface area contributed by atoms with Crippen LogP contribution >= 0.6 is 0 Å². The highest BCUT2D eigenvalue weighted by Crippen LogP contribution is 2.29. The third kappa shape index (κ3) is 3.95. The van der Waals surface area contributed by atoms with Crippen molar-refractivity contribution in [3.05, 3.63) is 83.9 Å². The van der Waals surface area contributed by atoms with Crippen LogP contribution in [0, 0.1) is 0 Å². The van der Waals surface area contributed by atoms with Crippen molar-refractivity contribution in [2.75, 3.05) is 0 Å². The van der Waals surface area contributed by atoms with Gasteiger partial charge in [0.2, 0.25) is 0 Å². The molecule has 2 aromatic carbocycles. The van der Waals surface area contributed by atoms with Gasteiger partial charge in [0.25, 0.3) is 0 Å². The van der Waals surface area contributed by atoms with E-state index in [4.69, 9.17) is 0 Å². The third-order valence-corrected chi connectivity index (χ3v) is 4.19. The molecule has 0 amide bonds. The average Bonchev–Trinajstić information content (AvgIpc) is 2.55. The first kappa shape index (κ1) is 15.3. The minimum absolute atomic E-state index is 0.554. The maximum Gasteiger partial charge on any atom is -0.0185 e. The Morgan fingerprint density at radius 3 is 1.33 bits per heavy atom. The highest BCUT2D eigenvalue weighted by atomic mass is 14.2. The third-order valence-electron chi connectivity index (χ3n) is 4.19. The second kappa shape index (κ2) is 7.08. The Kier molecular flexibility index (Phi) is 5.16. The van der Waals surface area contributed by atoms with Gasteiger partial charge in [0.1, 0.15) is 0 Å². The van der Waals surface area contributed by atoms with Crippen molar-refractivity contribution in [2.24, 2.45) is 0 Å². The lowest BCUT2D eigenvalue weighted by molar-refractivity contribution is 0.593. The Hall–Kier alpha value is -2.08. The van der Waals surface area contributed by atoms with Gasteiger partial charge in [-0.1, -0.05) is 87.7 Å². The lowest BCUT2D eigenvalue weighted by atomic mass is 9.87. The molecule has 2 aromatic rings. The lowest BCUT2D eigenvalue weighted by Crippen LogP contribution is -2.01. The molecule has 0 radical (unpaired) electrons. The zero-order valence-corrected chi connectivity index (χ0v) is 13.0. The van der Waals surface area contributed by atoms with Crippen LogP contribution in [0.3, 0.4) is 0 Å². The zero-order chi connectivity index (χ0) is 15.2. The molecule has 21 heavy (non-hydrogen) atoms. The second-order valence-corrected chi connectivity index (χ2v) is 5.78. The first-order valence-electron chi connectivity index (χ1n) is 7.59. The minimum Gasteiger partial charge on any atom is -0.0985 e. The SMILES string of the molecule is C=Cc1ccc(C(C)CC(C)c2ccc(C=C)cc2)cc1. The number of rotatable bonds is 6. The van der Waals surface area contributed by atoms with Crippen LogP contribution in [0.4, 0.5) is 0 Å². The van der Waals surface area contributed by atoms with Crippen LogP contribution in [0.5, 0.6) is 0 Å². The Morgan fingerprint density at radius 1 is 0.714 bits per heavy atom. The van der Waals surface area contributed by atoms with Crippen LogP contribution in [0.15, 0.2) is 61.7 Å². The highest BCUT2D eigenvalue weighted by molar-refractivity contribution is 5.48. The highest BCUT2D eigenvalue weighted by Gasteiger charge is 2.12. The fourth-order valence-electron chi connectivity index (χ4n) is 2.72. The molecule has 108 valence electrons. The molecule has 0 saturated carbocycles. The van der Waals surface area contributed by atoms with Crippen molar-refractivity contribution in [3.63, 3.8) is 0 Å². The molecule has 2 unspecified atom stereocenters. The van der Waals surface area contributed by atoms with E-state index in [2.05, 4.69) is 75.5 Å². The Balaban J connectivity index is 2.04. The van der Waals surface area contributed by atoms with Gasteiger partial charge in [0.15, 0.2) is 0 Å². The minimum atomic E-state index is 0.554. The lowest BCUT2D eigenvalue weighted by Gasteiger charge is -2.18. The smallest absolute Gasteiger partial charge is 0.0185 e. The molecule has 0 saturated heterocycles. The van der Waals surface area contributed by atoms with Gasteiger partial charge in [0, 0.05) is 0 Å². The molecule has 2 atom stereocenters. The molecule has 0 aromatic heterocycles. The molecule has 0 nitrogen and oxygen atoms in total. The fraction of sp³-hybridized carbons (Fsp3) is 0.238. The Morgan fingerprint density at radius 2 is 1.05 bits per heavy atom. The summed E-state index contributed by atoms with van der Waals surface area (Å²) < 4.78 is 0. The van der Waals surface area contributed by atoms with E-state index in [-0.39, 0.29) is 0 Å². The molecule has 2 rings (SSSR count). The van der Waals surface area contributed by atoms with Gasteiger partial charge in [-0.25, -0.2) is 0 Å². The van der Waals surface area contributed by atoms with Gasteiger partial charge in [-0.3, -0.25) is 0 Å². The van der Waals surface area contributed by atoms with Crippen LogP contribution in [-0.2, 0) is 0 Å². The molecule has 0 N–H and O–H groups in total. The molecular weight excluding hydrogens is 252 g/mol. The Bertz CT molecular complexity index is 531. The van der Waals surface area contributed by atoms with Gasteiger partial charge in [-0.05, 0) is 40.5 Å². The standard InChI is InChI=1S/C21H24/c1-5-18-7-11-20(12-8-18)16(3)15-17(4)21-13-9-19(6-2)10-14-21/h5-14,16-17H,1-2,15H2,3-4H3. The monoisotopic (exact) mass is 276 g/mol. The number of hydrogen-bond donors (Lipinski definition) is 0. The summed E-state index contributed by atoms with van der Waals surface area (Å²) in [6.45, 7) is 12.2. The van der Waals surface area contributed by atoms with Crippen molar-refractivity contribution >= 4 is 12.2 Å². The van der Waals surface area contributed by atoms with E-state index < -0.39 is 0 Å². The van der Waals surface area contributed by atoms with Crippen LogP contribution < -0.4 is 0 Å². The van der Waals surface area contributed by atoms with Crippen molar-refractivity contribution in [1.82, 2.24) is 0 Å². The van der Waals surface area contributed by atoms with Gasteiger partial charge in [-0.15, -0.1) is 0 Å². The van der Waals surface area contributed by atoms with Crippen LogP contribution in [0.1, 0.15) is 54.4 Å². The largest absolute Gasteiger partial charge is 0.0985 e. The molecule has 0 aliphatic heterocycles. The van der Waals surface area contributed by atoms with E-state index in [0.29, 0.717) is 11.8 Å². The molecule has 0 bridgehead atoms. The van der Waals surface area contributed by atoms with Gasteiger partial charge < -0.3 is 0 Å². The van der Waals surface area contributed by atoms with E-state index in [1.807, 2.05) is 12.2 Å². The molecular formula is C21H24. The maximum atomic E-state index is 3.80. The first-order valence-corrected chi connectivity index (χ1v) is 7.59. The van der Waals surface area contributed by atoms with E-state index in [9.17, 15) is 0 Å². The second-order valence-electron chi connectivity index (χ2n) is 5.78. The van der Waals surface area contributed by atoms with Crippen LogP contribution in [0.2, 0.25) is 0 Å². The predicted molar refractivity (Wildman–Crippen MR) is 94.5 cm³/mol. The maximum absolute atomic E-state index is 3.80. The number of benzene rings is 2. The zero-order valence-electron chi connectivity index (χ0n) is 13.0. The van der Waals surface area contributed by atoms with Crippen LogP contribution in [0.25, 0.3) is 12.2 Å².